The van der Waals surface area contributed by atoms with Crippen LogP contribution in [0.3, 0.4) is 0 Å². The smallest absolute Gasteiger partial charge is 0.151 e. The summed E-state index contributed by atoms with van der Waals surface area (Å²) in [5, 5.41) is 4.43. The van der Waals surface area contributed by atoms with E-state index in [1.165, 1.54) is 0 Å². The Morgan fingerprint density at radius 3 is 2.32 bits per heavy atom. The number of nitrogens with zero attached hydrogens (tertiary/aromatic N) is 2. The Morgan fingerprint density at radius 1 is 1.26 bits per heavy atom. The molecule has 0 aliphatic carbocycles. The third-order valence-electron chi connectivity index (χ3n) is 3.30. The largest absolute Gasteiger partial charge is 0.268 e. The number of rotatable bonds is 7. The maximum Gasteiger partial charge on any atom is 0.151 e. The third kappa shape index (κ3) is 3.96. The highest BCUT2D eigenvalue weighted by molar-refractivity contribution is 7.91. The lowest BCUT2D eigenvalue weighted by Crippen LogP contribution is -2.17. The Balaban J connectivity index is 3.08. The molecule has 1 aromatic rings. The number of alkyl halides is 1. The minimum atomic E-state index is -2.97. The van der Waals surface area contributed by atoms with Gasteiger partial charge in [-0.25, -0.2) is 8.42 Å². The van der Waals surface area contributed by atoms with Crippen LogP contribution in [-0.4, -0.2) is 29.7 Å². The van der Waals surface area contributed by atoms with Crippen molar-refractivity contribution in [2.24, 2.45) is 0 Å². The first-order valence-corrected chi connectivity index (χ1v) is 9.04. The van der Waals surface area contributed by atoms with Crippen LogP contribution in [0.2, 0.25) is 0 Å². The SMILES string of the molecule is CCc1nn(CCS(=O)(=O)CC)c(CC)c1C(C)Cl. The van der Waals surface area contributed by atoms with Gasteiger partial charge in [0.05, 0.1) is 23.4 Å². The van der Waals surface area contributed by atoms with Crippen molar-refractivity contribution in [1.82, 2.24) is 9.78 Å². The molecule has 1 unspecified atom stereocenters. The zero-order valence-corrected chi connectivity index (χ0v) is 13.7. The van der Waals surface area contributed by atoms with Gasteiger partial charge < -0.3 is 0 Å². The van der Waals surface area contributed by atoms with Crippen molar-refractivity contribution in [1.29, 1.82) is 0 Å². The van der Waals surface area contributed by atoms with Gasteiger partial charge in [0.25, 0.3) is 0 Å². The molecule has 0 saturated heterocycles. The van der Waals surface area contributed by atoms with E-state index < -0.39 is 9.84 Å². The van der Waals surface area contributed by atoms with Gasteiger partial charge in [-0.15, -0.1) is 11.6 Å². The second-order valence-corrected chi connectivity index (χ2v) is 7.72. The minimum absolute atomic E-state index is 0.0959. The molecule has 1 aromatic heterocycles. The number of sulfone groups is 1. The maximum atomic E-state index is 11.6. The Morgan fingerprint density at radius 2 is 1.89 bits per heavy atom. The van der Waals surface area contributed by atoms with Crippen molar-refractivity contribution in [3.8, 4) is 0 Å². The summed E-state index contributed by atoms with van der Waals surface area (Å²) >= 11 is 6.23. The van der Waals surface area contributed by atoms with Crippen molar-refractivity contribution < 1.29 is 8.42 Å². The molecule has 0 aliphatic rings. The fourth-order valence-corrected chi connectivity index (χ4v) is 3.21. The molecule has 6 heteroatoms. The molecule has 0 amide bonds. The van der Waals surface area contributed by atoms with Crippen LogP contribution in [0, 0.1) is 0 Å². The van der Waals surface area contributed by atoms with Crippen LogP contribution in [0.1, 0.15) is 50.0 Å². The molecular weight excluding hydrogens is 284 g/mol. The second-order valence-electron chi connectivity index (χ2n) is 4.59. The zero-order valence-electron chi connectivity index (χ0n) is 12.1. The molecule has 1 heterocycles. The van der Waals surface area contributed by atoms with E-state index in [1.807, 2.05) is 25.5 Å². The van der Waals surface area contributed by atoms with Crippen LogP contribution in [0.4, 0.5) is 0 Å². The molecule has 0 aromatic carbocycles. The van der Waals surface area contributed by atoms with Gasteiger partial charge in [-0.3, -0.25) is 4.68 Å². The summed E-state index contributed by atoms with van der Waals surface area (Å²) in [5.74, 6) is 0.312. The van der Waals surface area contributed by atoms with Gasteiger partial charge in [-0.1, -0.05) is 20.8 Å². The first-order valence-electron chi connectivity index (χ1n) is 6.79. The highest BCUT2D eigenvalue weighted by Gasteiger charge is 2.20. The van der Waals surface area contributed by atoms with E-state index in [4.69, 9.17) is 11.6 Å². The predicted octanol–water partition coefficient (Wildman–Crippen LogP) is 2.74. The van der Waals surface area contributed by atoms with Crippen molar-refractivity contribution in [2.75, 3.05) is 11.5 Å². The average Bonchev–Trinajstić information content (AvgIpc) is 2.74. The molecule has 0 fully saturated rings. The summed E-state index contributed by atoms with van der Waals surface area (Å²) in [5.41, 5.74) is 3.11. The second kappa shape index (κ2) is 6.75. The van der Waals surface area contributed by atoms with Crippen LogP contribution in [0.15, 0.2) is 0 Å². The molecule has 110 valence electrons. The van der Waals surface area contributed by atoms with Gasteiger partial charge >= 0.3 is 0 Å². The minimum Gasteiger partial charge on any atom is -0.268 e. The Hall–Kier alpha value is -0.550. The number of aromatic nitrogens is 2. The van der Waals surface area contributed by atoms with Gasteiger partial charge in [0.2, 0.25) is 0 Å². The van der Waals surface area contributed by atoms with Gasteiger partial charge in [0.1, 0.15) is 0 Å². The van der Waals surface area contributed by atoms with E-state index in [9.17, 15) is 8.42 Å². The number of halogens is 1. The zero-order chi connectivity index (χ0) is 14.6. The van der Waals surface area contributed by atoms with E-state index in [0.717, 1.165) is 29.8 Å². The molecule has 1 rings (SSSR count). The first-order chi connectivity index (χ1) is 8.86. The molecule has 4 nitrogen and oxygen atoms in total. The molecule has 0 saturated carbocycles. The normalized spacial score (nSPS) is 13.7. The quantitative estimate of drug-likeness (QED) is 0.728. The molecule has 1 atom stereocenters. The fourth-order valence-electron chi connectivity index (χ4n) is 2.21. The fraction of sp³-hybridized carbons (Fsp3) is 0.769. The van der Waals surface area contributed by atoms with Gasteiger partial charge in [-0.2, -0.15) is 5.10 Å². The predicted molar refractivity (Wildman–Crippen MR) is 79.6 cm³/mol. The highest BCUT2D eigenvalue weighted by Crippen LogP contribution is 2.28. The standard InChI is InChI=1S/C13H23ClN2O2S/c1-5-11-13(10(4)14)12(6-2)16(15-11)8-9-19(17,18)7-3/h10H,5-9H2,1-4H3. The van der Waals surface area contributed by atoms with Crippen molar-refractivity contribution >= 4 is 21.4 Å². The lowest BCUT2D eigenvalue weighted by molar-refractivity contribution is 0.573. The molecule has 0 spiro atoms. The molecule has 0 bridgehead atoms. The monoisotopic (exact) mass is 306 g/mol. The van der Waals surface area contributed by atoms with Gasteiger partial charge in [-0.05, 0) is 19.8 Å². The van der Waals surface area contributed by atoms with E-state index in [2.05, 4.69) is 5.10 Å². The summed E-state index contributed by atoms with van der Waals surface area (Å²) in [6.07, 6.45) is 1.62. The summed E-state index contributed by atoms with van der Waals surface area (Å²) in [6, 6.07) is 0. The lowest BCUT2D eigenvalue weighted by Gasteiger charge is -2.09. The molecular formula is C13H23ClN2O2S. The summed E-state index contributed by atoms with van der Waals surface area (Å²) < 4.78 is 25.0. The molecule has 0 N–H and O–H groups in total. The van der Waals surface area contributed by atoms with E-state index in [-0.39, 0.29) is 16.9 Å². The van der Waals surface area contributed by atoms with Crippen LogP contribution in [0.25, 0.3) is 0 Å². The van der Waals surface area contributed by atoms with Crippen LogP contribution < -0.4 is 0 Å². The number of aryl methyl sites for hydroxylation is 2. The first kappa shape index (κ1) is 16.5. The van der Waals surface area contributed by atoms with Gasteiger partial charge in [0, 0.05) is 17.0 Å². The molecule has 19 heavy (non-hydrogen) atoms. The van der Waals surface area contributed by atoms with Crippen molar-refractivity contribution in [3.63, 3.8) is 0 Å². The van der Waals surface area contributed by atoms with Gasteiger partial charge in [0.15, 0.2) is 9.84 Å². The van der Waals surface area contributed by atoms with Crippen LogP contribution in [-0.2, 0) is 29.2 Å². The Labute approximate surface area is 121 Å². The summed E-state index contributed by atoms with van der Waals surface area (Å²) in [6.45, 7) is 8.10. The third-order valence-corrected chi connectivity index (χ3v) is 5.20. The van der Waals surface area contributed by atoms with E-state index in [0.29, 0.717) is 6.54 Å². The number of hydrogen-bond donors (Lipinski definition) is 0. The van der Waals surface area contributed by atoms with Crippen molar-refractivity contribution in [2.45, 2.75) is 52.5 Å². The van der Waals surface area contributed by atoms with Crippen molar-refractivity contribution in [3.05, 3.63) is 17.0 Å². The van der Waals surface area contributed by atoms with E-state index in [1.54, 1.807) is 6.92 Å². The Kier molecular flexibility index (Phi) is 5.86. The number of hydrogen-bond acceptors (Lipinski definition) is 3. The van der Waals surface area contributed by atoms with Crippen LogP contribution >= 0.6 is 11.6 Å². The molecule has 0 aliphatic heterocycles. The summed E-state index contributed by atoms with van der Waals surface area (Å²) in [7, 11) is -2.97. The van der Waals surface area contributed by atoms with E-state index >= 15 is 0 Å². The maximum absolute atomic E-state index is 11.6. The molecule has 0 radical (unpaired) electrons. The highest BCUT2D eigenvalue weighted by atomic mass is 35.5. The topological polar surface area (TPSA) is 52.0 Å². The lowest BCUT2D eigenvalue weighted by atomic mass is 10.1. The average molecular weight is 307 g/mol. The Bertz CT molecular complexity index is 521. The van der Waals surface area contributed by atoms with Crippen LogP contribution in [0.5, 0.6) is 0 Å². The summed E-state index contributed by atoms with van der Waals surface area (Å²) in [4.78, 5) is 0.